The van der Waals surface area contributed by atoms with Crippen LogP contribution in [-0.2, 0) is 4.79 Å². The third-order valence-corrected chi connectivity index (χ3v) is 2.77. The molecule has 0 bridgehead atoms. The van der Waals surface area contributed by atoms with Crippen molar-refractivity contribution in [3.8, 4) is 0 Å². The number of carboxylic acids is 1. The first-order valence-corrected chi connectivity index (χ1v) is 5.80. The van der Waals surface area contributed by atoms with E-state index in [1.54, 1.807) is 0 Å². The molecule has 4 nitrogen and oxygen atoms in total. The van der Waals surface area contributed by atoms with E-state index in [9.17, 15) is 22.8 Å². The van der Waals surface area contributed by atoms with Crippen molar-refractivity contribution in [3.63, 3.8) is 0 Å². The molecule has 0 aliphatic rings. The first-order chi connectivity index (χ1) is 9.07. The highest BCUT2D eigenvalue weighted by atomic mass is 19.4. The van der Waals surface area contributed by atoms with Crippen LogP contribution in [-0.4, -0.2) is 29.2 Å². The van der Waals surface area contributed by atoms with Gasteiger partial charge in [-0.1, -0.05) is 6.07 Å². The molecule has 0 spiro atoms. The largest absolute Gasteiger partial charge is 0.478 e. The topological polar surface area (TPSA) is 57.6 Å². The number of amides is 1. The predicted molar refractivity (Wildman–Crippen MR) is 66.8 cm³/mol. The number of hydrogen-bond donors (Lipinski definition) is 1. The van der Waals surface area contributed by atoms with Crippen LogP contribution in [0.25, 0.3) is 0 Å². The Morgan fingerprint density at radius 1 is 1.25 bits per heavy atom. The van der Waals surface area contributed by atoms with Crippen LogP contribution < -0.4 is 4.90 Å². The highest BCUT2D eigenvalue weighted by molar-refractivity contribution is 6.00. The zero-order valence-electron chi connectivity index (χ0n) is 11.2. The van der Waals surface area contributed by atoms with E-state index in [0.29, 0.717) is 4.90 Å². The van der Waals surface area contributed by atoms with Crippen molar-refractivity contribution in [2.24, 2.45) is 0 Å². The molecule has 1 N–H and O–H groups in total. The van der Waals surface area contributed by atoms with Gasteiger partial charge in [-0.2, -0.15) is 13.2 Å². The molecule has 1 rings (SSSR count). The lowest BCUT2D eigenvalue weighted by molar-refractivity contribution is -0.170. The van der Waals surface area contributed by atoms with Crippen LogP contribution in [0.2, 0.25) is 0 Å². The number of nitrogens with zero attached hydrogens (tertiary/aromatic N) is 1. The predicted octanol–water partition coefficient (Wildman–Crippen LogP) is 3.00. The van der Waals surface area contributed by atoms with Gasteiger partial charge in [0, 0.05) is 11.7 Å². The van der Waals surface area contributed by atoms with E-state index in [0.717, 1.165) is 0 Å². The fourth-order valence-corrected chi connectivity index (χ4v) is 1.87. The summed E-state index contributed by atoms with van der Waals surface area (Å²) in [5.74, 6) is -3.27. The van der Waals surface area contributed by atoms with Gasteiger partial charge in [0.2, 0.25) is 0 Å². The monoisotopic (exact) mass is 289 g/mol. The van der Waals surface area contributed by atoms with Gasteiger partial charge in [0.25, 0.3) is 0 Å². The molecule has 7 heteroatoms. The lowest BCUT2D eigenvalue weighted by Crippen LogP contribution is -2.45. The molecule has 0 fully saturated rings. The highest BCUT2D eigenvalue weighted by Gasteiger charge is 2.44. The minimum atomic E-state index is -5.02. The molecule has 0 aliphatic heterocycles. The van der Waals surface area contributed by atoms with E-state index < -0.39 is 24.1 Å². The molecule has 1 aromatic rings. The maximum Gasteiger partial charge on any atom is 0.471 e. The number of anilines is 1. The highest BCUT2D eigenvalue weighted by Crippen LogP contribution is 2.29. The molecular weight excluding hydrogens is 275 g/mol. The van der Waals surface area contributed by atoms with Crippen molar-refractivity contribution in [3.05, 3.63) is 29.3 Å². The first-order valence-electron chi connectivity index (χ1n) is 5.80. The van der Waals surface area contributed by atoms with Crippen LogP contribution in [0.3, 0.4) is 0 Å². The maximum atomic E-state index is 12.6. The number of halogens is 3. The second-order valence-corrected chi connectivity index (χ2v) is 4.52. The molecule has 1 amide bonds. The van der Waals surface area contributed by atoms with Crippen LogP contribution in [0, 0.1) is 6.92 Å². The van der Waals surface area contributed by atoms with Crippen LogP contribution in [0.4, 0.5) is 18.9 Å². The molecule has 1 aromatic carbocycles. The van der Waals surface area contributed by atoms with Crippen molar-refractivity contribution in [1.82, 2.24) is 0 Å². The molecule has 20 heavy (non-hydrogen) atoms. The van der Waals surface area contributed by atoms with E-state index in [4.69, 9.17) is 5.11 Å². The summed E-state index contributed by atoms with van der Waals surface area (Å²) in [6, 6.07) is 3.13. The summed E-state index contributed by atoms with van der Waals surface area (Å²) in [4.78, 5) is 23.1. The number of benzene rings is 1. The fourth-order valence-electron chi connectivity index (χ4n) is 1.87. The standard InChI is InChI=1S/C13H14F3NO3/c1-7(2)17(12(20)13(14,15)16)10-6-4-5-9(8(10)3)11(18)19/h4-7H,1-3H3,(H,18,19). The number of carbonyl (C=O) groups is 2. The molecule has 0 saturated heterocycles. The third kappa shape index (κ3) is 3.09. The zero-order valence-corrected chi connectivity index (χ0v) is 11.2. The molecule has 0 saturated carbocycles. The van der Waals surface area contributed by atoms with Gasteiger partial charge in [-0.15, -0.1) is 0 Å². The number of carboxylic acid groups (broad SMARTS) is 1. The first kappa shape index (κ1) is 16.0. The van der Waals surface area contributed by atoms with Gasteiger partial charge in [-0.3, -0.25) is 4.79 Å². The smallest absolute Gasteiger partial charge is 0.471 e. The molecule has 0 aliphatic carbocycles. The Kier molecular flexibility index (Phi) is 4.42. The van der Waals surface area contributed by atoms with Crippen molar-refractivity contribution in [2.75, 3.05) is 4.90 Å². The van der Waals surface area contributed by atoms with Crippen LogP contribution in [0.5, 0.6) is 0 Å². The lowest BCUT2D eigenvalue weighted by Gasteiger charge is -2.29. The van der Waals surface area contributed by atoms with Gasteiger partial charge in [-0.25, -0.2) is 4.79 Å². The average Bonchev–Trinajstić information content (AvgIpc) is 2.29. The van der Waals surface area contributed by atoms with E-state index in [-0.39, 0.29) is 16.8 Å². The Bertz CT molecular complexity index is 538. The average molecular weight is 289 g/mol. The van der Waals surface area contributed by atoms with E-state index in [1.165, 1.54) is 39.0 Å². The Balaban J connectivity index is 3.41. The molecule has 0 unspecified atom stereocenters. The SMILES string of the molecule is Cc1c(C(=O)O)cccc1N(C(=O)C(F)(F)F)C(C)C. The minimum absolute atomic E-state index is 0.0535. The number of aromatic carboxylic acids is 1. The molecular formula is C13H14F3NO3. The second-order valence-electron chi connectivity index (χ2n) is 4.52. The number of carbonyl (C=O) groups excluding carboxylic acids is 1. The maximum absolute atomic E-state index is 12.6. The number of alkyl halides is 3. The van der Waals surface area contributed by atoms with Crippen molar-refractivity contribution in [2.45, 2.75) is 33.0 Å². The summed E-state index contributed by atoms with van der Waals surface area (Å²) in [5, 5.41) is 8.98. The summed E-state index contributed by atoms with van der Waals surface area (Å²) >= 11 is 0. The van der Waals surface area contributed by atoms with Crippen LogP contribution in [0.15, 0.2) is 18.2 Å². The Morgan fingerprint density at radius 3 is 2.20 bits per heavy atom. The van der Waals surface area contributed by atoms with Crippen molar-refractivity contribution in [1.29, 1.82) is 0 Å². The second kappa shape index (κ2) is 5.52. The molecule has 0 radical (unpaired) electrons. The number of rotatable bonds is 3. The fraction of sp³-hybridized carbons (Fsp3) is 0.385. The lowest BCUT2D eigenvalue weighted by atomic mass is 10.0. The van der Waals surface area contributed by atoms with Crippen molar-refractivity contribution < 1.29 is 27.9 Å². The quantitative estimate of drug-likeness (QED) is 0.930. The van der Waals surface area contributed by atoms with E-state index in [1.807, 2.05) is 0 Å². The Morgan fingerprint density at radius 2 is 1.80 bits per heavy atom. The summed E-state index contributed by atoms with van der Waals surface area (Å²) in [6.45, 7) is 4.23. The van der Waals surface area contributed by atoms with Gasteiger partial charge in [-0.05, 0) is 38.5 Å². The van der Waals surface area contributed by atoms with Gasteiger partial charge in [0.1, 0.15) is 0 Å². The molecule has 0 atom stereocenters. The minimum Gasteiger partial charge on any atom is -0.478 e. The van der Waals surface area contributed by atoms with Crippen LogP contribution >= 0.6 is 0 Å². The molecule has 110 valence electrons. The molecule has 0 aromatic heterocycles. The van der Waals surface area contributed by atoms with E-state index >= 15 is 0 Å². The third-order valence-electron chi connectivity index (χ3n) is 2.77. The van der Waals surface area contributed by atoms with Crippen molar-refractivity contribution >= 4 is 17.6 Å². The summed E-state index contributed by atoms with van der Waals surface area (Å²) in [5.41, 5.74) is -0.0725. The van der Waals surface area contributed by atoms with E-state index in [2.05, 4.69) is 0 Å². The summed E-state index contributed by atoms with van der Waals surface area (Å²) in [6.07, 6.45) is -5.02. The normalized spacial score (nSPS) is 11.6. The van der Waals surface area contributed by atoms with Crippen LogP contribution in [0.1, 0.15) is 29.8 Å². The molecule has 0 heterocycles. The Labute approximate surface area is 113 Å². The van der Waals surface area contributed by atoms with Gasteiger partial charge >= 0.3 is 18.1 Å². The summed E-state index contributed by atoms with van der Waals surface area (Å²) in [7, 11) is 0. The zero-order chi connectivity index (χ0) is 15.7. The van der Waals surface area contributed by atoms with Gasteiger partial charge < -0.3 is 10.0 Å². The van der Waals surface area contributed by atoms with Gasteiger partial charge in [0.15, 0.2) is 0 Å². The summed E-state index contributed by atoms with van der Waals surface area (Å²) < 4.78 is 37.9. The van der Waals surface area contributed by atoms with Gasteiger partial charge in [0.05, 0.1) is 5.56 Å². The Hall–Kier alpha value is -2.05. The number of hydrogen-bond acceptors (Lipinski definition) is 2.